The highest BCUT2D eigenvalue weighted by atomic mass is 32.2. The molecule has 1 aliphatic rings. The van der Waals surface area contributed by atoms with Gasteiger partial charge in [0.1, 0.15) is 5.75 Å². The fraction of sp³-hybridized carbons (Fsp3) is 0.240. The molecule has 0 N–H and O–H groups in total. The molecule has 1 amide bonds. The average molecular weight is 436 g/mol. The van der Waals surface area contributed by atoms with Crippen molar-refractivity contribution in [2.45, 2.75) is 30.8 Å². The third kappa shape index (κ3) is 4.64. The second-order valence-corrected chi connectivity index (χ2v) is 9.82. The zero-order valence-corrected chi connectivity index (χ0v) is 18.4. The number of carbonyl (C=O) groups excluding carboxylic acids is 1. The van der Waals surface area contributed by atoms with E-state index in [0.29, 0.717) is 12.3 Å². The number of rotatable bonds is 5. The summed E-state index contributed by atoms with van der Waals surface area (Å²) in [6.45, 7) is 2.33. The molecule has 1 heterocycles. The van der Waals surface area contributed by atoms with Crippen LogP contribution >= 0.6 is 0 Å². The molecule has 1 atom stereocenters. The highest BCUT2D eigenvalue weighted by Gasteiger charge is 2.28. The molecule has 4 rings (SSSR count). The Morgan fingerprint density at radius 3 is 2.32 bits per heavy atom. The van der Waals surface area contributed by atoms with Crippen molar-refractivity contribution in [2.75, 3.05) is 17.7 Å². The van der Waals surface area contributed by atoms with Crippen LogP contribution in [0.15, 0.2) is 77.7 Å². The van der Waals surface area contributed by atoms with Crippen LogP contribution in [0.4, 0.5) is 5.69 Å². The Morgan fingerprint density at radius 2 is 1.65 bits per heavy atom. The molecular weight excluding hydrogens is 410 g/mol. The lowest BCUT2D eigenvalue weighted by Crippen LogP contribution is -2.43. The molecule has 0 aromatic heterocycles. The van der Waals surface area contributed by atoms with E-state index in [0.717, 1.165) is 35.2 Å². The third-order valence-electron chi connectivity index (χ3n) is 5.49. The zero-order valence-electron chi connectivity index (χ0n) is 17.6. The lowest BCUT2D eigenvalue weighted by Gasteiger charge is -2.31. The Labute approximate surface area is 183 Å². The molecule has 0 spiro atoms. The van der Waals surface area contributed by atoms with Gasteiger partial charge < -0.3 is 9.64 Å². The number of hydrogen-bond acceptors (Lipinski definition) is 4. The van der Waals surface area contributed by atoms with Crippen LogP contribution in [0.2, 0.25) is 0 Å². The molecule has 31 heavy (non-hydrogen) atoms. The highest BCUT2D eigenvalue weighted by Crippen LogP contribution is 2.30. The Bertz CT molecular complexity index is 1190. The minimum Gasteiger partial charge on any atom is -0.481 e. The number of carbonyl (C=O) groups is 1. The first kappa shape index (κ1) is 21.1. The number of hydrogen-bond donors (Lipinski definition) is 0. The van der Waals surface area contributed by atoms with E-state index in [1.807, 2.05) is 54.6 Å². The van der Waals surface area contributed by atoms with E-state index in [4.69, 9.17) is 4.74 Å². The SMILES string of the molecule is CC(Oc1ccc(-c2ccccc2)cc1)C(=O)N1CCCc2cc(S(C)(=O)=O)ccc21. The molecule has 0 aliphatic carbocycles. The molecule has 0 saturated heterocycles. The van der Waals surface area contributed by atoms with E-state index in [9.17, 15) is 13.2 Å². The Kier molecular flexibility index (Phi) is 5.83. The van der Waals surface area contributed by atoms with E-state index in [-0.39, 0.29) is 10.8 Å². The van der Waals surface area contributed by atoms with Crippen molar-refractivity contribution in [3.8, 4) is 16.9 Å². The van der Waals surface area contributed by atoms with Crippen LogP contribution in [0.5, 0.6) is 5.75 Å². The third-order valence-corrected chi connectivity index (χ3v) is 6.60. The summed E-state index contributed by atoms with van der Waals surface area (Å²) in [6, 6.07) is 22.7. The number of anilines is 1. The van der Waals surface area contributed by atoms with Gasteiger partial charge in [0.25, 0.3) is 5.91 Å². The van der Waals surface area contributed by atoms with E-state index < -0.39 is 15.9 Å². The van der Waals surface area contributed by atoms with Gasteiger partial charge in [-0.3, -0.25) is 4.79 Å². The van der Waals surface area contributed by atoms with Crippen LogP contribution in [0.25, 0.3) is 11.1 Å². The molecule has 5 nitrogen and oxygen atoms in total. The van der Waals surface area contributed by atoms with Crippen LogP contribution in [-0.2, 0) is 21.1 Å². The van der Waals surface area contributed by atoms with Crippen LogP contribution in [0.1, 0.15) is 18.9 Å². The smallest absolute Gasteiger partial charge is 0.267 e. The molecule has 3 aromatic carbocycles. The predicted molar refractivity (Wildman–Crippen MR) is 122 cm³/mol. The van der Waals surface area contributed by atoms with Gasteiger partial charge in [-0.25, -0.2) is 8.42 Å². The fourth-order valence-corrected chi connectivity index (χ4v) is 4.54. The normalized spacial score (nSPS) is 14.6. The molecule has 3 aromatic rings. The van der Waals surface area contributed by atoms with E-state index in [2.05, 4.69) is 0 Å². The van der Waals surface area contributed by atoms with Crippen molar-refractivity contribution in [3.05, 3.63) is 78.4 Å². The summed E-state index contributed by atoms with van der Waals surface area (Å²) in [7, 11) is -3.28. The molecule has 1 aliphatic heterocycles. The van der Waals surface area contributed by atoms with Gasteiger partial charge in [-0.15, -0.1) is 0 Å². The lowest BCUT2D eigenvalue weighted by molar-refractivity contribution is -0.124. The molecule has 0 fully saturated rings. The van der Waals surface area contributed by atoms with Crippen molar-refractivity contribution in [1.29, 1.82) is 0 Å². The van der Waals surface area contributed by atoms with Gasteiger partial charge in [0.15, 0.2) is 15.9 Å². The van der Waals surface area contributed by atoms with Crippen molar-refractivity contribution in [3.63, 3.8) is 0 Å². The minimum atomic E-state index is -3.28. The first-order valence-corrected chi connectivity index (χ1v) is 12.2. The van der Waals surface area contributed by atoms with E-state index in [1.54, 1.807) is 30.0 Å². The number of amides is 1. The van der Waals surface area contributed by atoms with Gasteiger partial charge in [0, 0.05) is 18.5 Å². The first-order valence-electron chi connectivity index (χ1n) is 10.3. The predicted octanol–water partition coefficient (Wildman–Crippen LogP) is 4.50. The zero-order chi connectivity index (χ0) is 22.0. The molecule has 0 saturated carbocycles. The second kappa shape index (κ2) is 8.55. The maximum atomic E-state index is 13.1. The van der Waals surface area contributed by atoms with Crippen molar-refractivity contribution >= 4 is 21.4 Å². The summed E-state index contributed by atoms with van der Waals surface area (Å²) in [5.74, 6) is 0.491. The van der Waals surface area contributed by atoms with Crippen LogP contribution in [-0.4, -0.2) is 33.2 Å². The van der Waals surface area contributed by atoms with Gasteiger partial charge in [-0.1, -0.05) is 42.5 Å². The molecule has 0 radical (unpaired) electrons. The molecule has 160 valence electrons. The number of ether oxygens (including phenoxy) is 1. The Morgan fingerprint density at radius 1 is 0.968 bits per heavy atom. The largest absolute Gasteiger partial charge is 0.481 e. The standard InChI is InChI=1S/C25H25NO4S/c1-18(30-22-12-10-20(11-13-22)19-7-4-3-5-8-19)25(27)26-16-6-9-21-17-23(31(2,28)29)14-15-24(21)26/h3-5,7-8,10-15,17-18H,6,9,16H2,1-2H3. The monoisotopic (exact) mass is 435 g/mol. The molecule has 0 bridgehead atoms. The van der Waals surface area contributed by atoms with Crippen molar-refractivity contribution in [2.24, 2.45) is 0 Å². The number of sulfone groups is 1. The summed E-state index contributed by atoms with van der Waals surface area (Å²) >= 11 is 0. The van der Waals surface area contributed by atoms with Crippen LogP contribution in [0.3, 0.4) is 0 Å². The van der Waals surface area contributed by atoms with Gasteiger partial charge in [0.05, 0.1) is 4.90 Å². The first-order chi connectivity index (χ1) is 14.8. The quantitative estimate of drug-likeness (QED) is 0.592. The van der Waals surface area contributed by atoms with Gasteiger partial charge in [0.2, 0.25) is 0 Å². The van der Waals surface area contributed by atoms with Gasteiger partial charge in [-0.05, 0) is 66.8 Å². The summed E-state index contributed by atoms with van der Waals surface area (Å²) in [6.07, 6.45) is 2.06. The van der Waals surface area contributed by atoms with Crippen molar-refractivity contribution < 1.29 is 17.9 Å². The molecule has 6 heteroatoms. The Hall–Kier alpha value is -3.12. The van der Waals surface area contributed by atoms with E-state index >= 15 is 0 Å². The van der Waals surface area contributed by atoms with Gasteiger partial charge in [-0.2, -0.15) is 0 Å². The summed E-state index contributed by atoms with van der Waals surface area (Å²) in [4.78, 5) is 15.1. The fourth-order valence-electron chi connectivity index (χ4n) is 3.86. The number of nitrogens with zero attached hydrogens (tertiary/aromatic N) is 1. The maximum Gasteiger partial charge on any atom is 0.267 e. The van der Waals surface area contributed by atoms with E-state index in [1.165, 1.54) is 6.26 Å². The summed E-state index contributed by atoms with van der Waals surface area (Å²) in [5, 5.41) is 0. The van der Waals surface area contributed by atoms with Crippen LogP contribution in [0, 0.1) is 0 Å². The number of fused-ring (bicyclic) bond motifs is 1. The summed E-state index contributed by atoms with van der Waals surface area (Å²) in [5.41, 5.74) is 3.84. The average Bonchev–Trinajstić information content (AvgIpc) is 2.78. The maximum absolute atomic E-state index is 13.1. The van der Waals surface area contributed by atoms with Crippen molar-refractivity contribution in [1.82, 2.24) is 0 Å². The second-order valence-electron chi connectivity index (χ2n) is 7.81. The van der Waals surface area contributed by atoms with Gasteiger partial charge >= 0.3 is 0 Å². The number of benzene rings is 3. The Balaban J connectivity index is 1.49. The van der Waals surface area contributed by atoms with Crippen LogP contribution < -0.4 is 9.64 Å². The highest BCUT2D eigenvalue weighted by molar-refractivity contribution is 7.90. The lowest BCUT2D eigenvalue weighted by atomic mass is 10.0. The molecular formula is C25H25NO4S. The minimum absolute atomic E-state index is 0.139. The summed E-state index contributed by atoms with van der Waals surface area (Å²) < 4.78 is 29.6. The topological polar surface area (TPSA) is 63.7 Å². The number of aryl methyl sites for hydroxylation is 1. The molecule has 1 unspecified atom stereocenters.